The van der Waals surface area contributed by atoms with Gasteiger partial charge in [-0.3, -0.25) is 0 Å². The molecule has 0 atom stereocenters. The average molecular weight is 234 g/mol. The van der Waals surface area contributed by atoms with Crippen LogP contribution < -0.4 is 10.5 Å². The second kappa shape index (κ2) is 5.03. The minimum Gasteiger partial charge on any atom is -0.481 e. The first-order valence-corrected chi connectivity index (χ1v) is 5.72. The molecular weight excluding hydrogens is 216 g/mol. The standard InChI is InChI=1S/C12H18N4O/c1-16(10-3-4-10)12(13)15-8-9-5-6-14-11(7-9)17-2/h5-7,10H,3-4,8H2,1-2H3,(H2,13,15). The van der Waals surface area contributed by atoms with Crippen molar-refractivity contribution in [1.82, 2.24) is 9.88 Å². The fourth-order valence-corrected chi connectivity index (χ4v) is 1.59. The van der Waals surface area contributed by atoms with Gasteiger partial charge in [-0.05, 0) is 24.5 Å². The third kappa shape index (κ3) is 3.09. The monoisotopic (exact) mass is 234 g/mol. The summed E-state index contributed by atoms with van der Waals surface area (Å²) in [7, 11) is 3.59. The normalized spacial score (nSPS) is 15.8. The molecule has 1 aromatic rings. The van der Waals surface area contributed by atoms with Crippen molar-refractivity contribution in [3.8, 4) is 5.88 Å². The molecule has 1 aliphatic carbocycles. The number of aromatic nitrogens is 1. The van der Waals surface area contributed by atoms with E-state index in [4.69, 9.17) is 10.5 Å². The Hall–Kier alpha value is -1.78. The molecule has 1 heterocycles. The van der Waals surface area contributed by atoms with Crippen LogP contribution in [0.4, 0.5) is 0 Å². The van der Waals surface area contributed by atoms with E-state index in [1.807, 2.05) is 24.1 Å². The number of hydrogen-bond acceptors (Lipinski definition) is 3. The first-order chi connectivity index (χ1) is 8.20. The minimum atomic E-state index is 0.557. The quantitative estimate of drug-likeness (QED) is 0.623. The Kier molecular flexibility index (Phi) is 3.46. The number of hydrogen-bond donors (Lipinski definition) is 1. The van der Waals surface area contributed by atoms with Crippen LogP contribution in [0.15, 0.2) is 23.3 Å². The third-order valence-electron chi connectivity index (χ3n) is 2.89. The molecule has 0 amide bonds. The van der Waals surface area contributed by atoms with E-state index in [1.54, 1.807) is 13.3 Å². The topological polar surface area (TPSA) is 63.7 Å². The SMILES string of the molecule is COc1cc(CN=C(N)N(C)C2CC2)ccn1. The second-order valence-electron chi connectivity index (χ2n) is 4.22. The molecule has 0 aliphatic heterocycles. The van der Waals surface area contributed by atoms with Crippen molar-refractivity contribution in [1.29, 1.82) is 0 Å². The van der Waals surface area contributed by atoms with Gasteiger partial charge in [0.2, 0.25) is 5.88 Å². The number of nitrogens with zero attached hydrogens (tertiary/aromatic N) is 3. The number of guanidine groups is 1. The first-order valence-electron chi connectivity index (χ1n) is 5.72. The van der Waals surface area contributed by atoms with Crippen molar-refractivity contribution in [3.05, 3.63) is 23.9 Å². The van der Waals surface area contributed by atoms with Crippen molar-refractivity contribution in [3.63, 3.8) is 0 Å². The highest BCUT2D eigenvalue weighted by atomic mass is 16.5. The Bertz CT molecular complexity index is 415. The van der Waals surface area contributed by atoms with Gasteiger partial charge in [-0.25, -0.2) is 9.98 Å². The fraction of sp³-hybridized carbons (Fsp3) is 0.500. The molecule has 2 rings (SSSR count). The van der Waals surface area contributed by atoms with Crippen LogP contribution in [-0.2, 0) is 6.54 Å². The van der Waals surface area contributed by atoms with E-state index in [2.05, 4.69) is 9.98 Å². The fourth-order valence-electron chi connectivity index (χ4n) is 1.59. The molecule has 0 aromatic carbocycles. The molecule has 1 saturated carbocycles. The van der Waals surface area contributed by atoms with Gasteiger partial charge in [0.1, 0.15) is 0 Å². The number of nitrogens with two attached hydrogens (primary N) is 1. The molecule has 1 aromatic heterocycles. The summed E-state index contributed by atoms with van der Waals surface area (Å²) in [4.78, 5) is 10.5. The van der Waals surface area contributed by atoms with E-state index in [-0.39, 0.29) is 0 Å². The third-order valence-corrected chi connectivity index (χ3v) is 2.89. The Morgan fingerprint density at radius 1 is 1.65 bits per heavy atom. The predicted octanol–water partition coefficient (Wildman–Crippen LogP) is 0.999. The van der Waals surface area contributed by atoms with Crippen LogP contribution in [0.5, 0.6) is 5.88 Å². The lowest BCUT2D eigenvalue weighted by molar-refractivity contribution is 0.397. The summed E-state index contributed by atoms with van der Waals surface area (Å²) in [5.74, 6) is 1.20. The first kappa shape index (κ1) is 11.7. The van der Waals surface area contributed by atoms with Gasteiger partial charge in [-0.2, -0.15) is 0 Å². The predicted molar refractivity (Wildman–Crippen MR) is 66.9 cm³/mol. The Morgan fingerprint density at radius 3 is 3.06 bits per heavy atom. The highest BCUT2D eigenvalue weighted by molar-refractivity contribution is 5.78. The van der Waals surface area contributed by atoms with Crippen molar-refractivity contribution in [2.75, 3.05) is 14.2 Å². The molecule has 0 bridgehead atoms. The summed E-state index contributed by atoms with van der Waals surface area (Å²) in [5.41, 5.74) is 6.95. The molecule has 0 unspecified atom stereocenters. The molecular formula is C12H18N4O. The molecule has 5 nitrogen and oxygen atoms in total. The molecule has 2 N–H and O–H groups in total. The maximum atomic E-state index is 5.91. The smallest absolute Gasteiger partial charge is 0.213 e. The summed E-state index contributed by atoms with van der Waals surface area (Å²) in [6.45, 7) is 0.557. The van der Waals surface area contributed by atoms with E-state index in [0.29, 0.717) is 24.4 Å². The maximum Gasteiger partial charge on any atom is 0.213 e. The Balaban J connectivity index is 1.97. The van der Waals surface area contributed by atoms with Crippen LogP contribution in [0.2, 0.25) is 0 Å². The van der Waals surface area contributed by atoms with Gasteiger partial charge in [0.05, 0.1) is 13.7 Å². The average Bonchev–Trinajstić information content (AvgIpc) is 3.19. The van der Waals surface area contributed by atoms with E-state index in [1.165, 1.54) is 12.8 Å². The Morgan fingerprint density at radius 2 is 2.41 bits per heavy atom. The molecule has 0 radical (unpaired) electrons. The molecule has 1 aliphatic rings. The van der Waals surface area contributed by atoms with Crippen LogP contribution >= 0.6 is 0 Å². The highest BCUT2D eigenvalue weighted by Gasteiger charge is 2.27. The lowest BCUT2D eigenvalue weighted by Gasteiger charge is -2.16. The second-order valence-corrected chi connectivity index (χ2v) is 4.22. The van der Waals surface area contributed by atoms with Crippen LogP contribution in [-0.4, -0.2) is 36.0 Å². The van der Waals surface area contributed by atoms with Crippen molar-refractivity contribution in [2.45, 2.75) is 25.4 Å². The summed E-state index contributed by atoms with van der Waals surface area (Å²) >= 11 is 0. The van der Waals surface area contributed by atoms with E-state index < -0.39 is 0 Å². The van der Waals surface area contributed by atoms with E-state index in [0.717, 1.165) is 5.56 Å². The van der Waals surface area contributed by atoms with E-state index in [9.17, 15) is 0 Å². The zero-order chi connectivity index (χ0) is 12.3. The van der Waals surface area contributed by atoms with Crippen molar-refractivity contribution >= 4 is 5.96 Å². The zero-order valence-corrected chi connectivity index (χ0v) is 10.3. The van der Waals surface area contributed by atoms with Gasteiger partial charge in [-0.15, -0.1) is 0 Å². The van der Waals surface area contributed by atoms with Crippen LogP contribution in [0, 0.1) is 0 Å². The zero-order valence-electron chi connectivity index (χ0n) is 10.3. The minimum absolute atomic E-state index is 0.557. The maximum absolute atomic E-state index is 5.91. The Labute approximate surface area is 101 Å². The summed E-state index contributed by atoms with van der Waals surface area (Å²) in [6, 6.07) is 4.37. The number of methoxy groups -OCH3 is 1. The number of rotatable bonds is 4. The number of ether oxygens (including phenoxy) is 1. The van der Waals surface area contributed by atoms with Gasteiger partial charge in [-0.1, -0.05) is 0 Å². The lowest BCUT2D eigenvalue weighted by Crippen LogP contribution is -2.35. The van der Waals surface area contributed by atoms with Gasteiger partial charge < -0.3 is 15.4 Å². The van der Waals surface area contributed by atoms with E-state index >= 15 is 0 Å². The summed E-state index contributed by atoms with van der Waals surface area (Å²) < 4.78 is 5.06. The molecule has 92 valence electrons. The van der Waals surface area contributed by atoms with Crippen LogP contribution in [0.3, 0.4) is 0 Å². The number of aliphatic imine (C=N–C) groups is 1. The van der Waals surface area contributed by atoms with Gasteiger partial charge in [0.15, 0.2) is 5.96 Å². The van der Waals surface area contributed by atoms with Crippen LogP contribution in [0.1, 0.15) is 18.4 Å². The van der Waals surface area contributed by atoms with Crippen LogP contribution in [0.25, 0.3) is 0 Å². The van der Waals surface area contributed by atoms with Gasteiger partial charge in [0.25, 0.3) is 0 Å². The van der Waals surface area contributed by atoms with Crippen molar-refractivity contribution < 1.29 is 4.74 Å². The molecule has 17 heavy (non-hydrogen) atoms. The molecule has 0 spiro atoms. The summed E-state index contributed by atoms with van der Waals surface area (Å²) in [6.07, 6.45) is 4.15. The van der Waals surface area contributed by atoms with Gasteiger partial charge in [0, 0.05) is 25.4 Å². The van der Waals surface area contributed by atoms with Crippen molar-refractivity contribution in [2.24, 2.45) is 10.7 Å². The summed E-state index contributed by atoms with van der Waals surface area (Å²) in [5, 5.41) is 0. The highest BCUT2D eigenvalue weighted by Crippen LogP contribution is 2.24. The largest absolute Gasteiger partial charge is 0.481 e. The molecule has 1 fully saturated rings. The molecule has 0 saturated heterocycles. The molecule has 5 heteroatoms. The van der Waals surface area contributed by atoms with Gasteiger partial charge >= 0.3 is 0 Å². The number of pyridine rings is 1. The lowest BCUT2D eigenvalue weighted by atomic mass is 10.3.